The molecule has 0 heterocycles. The van der Waals surface area contributed by atoms with Gasteiger partial charge in [-0.25, -0.2) is 0 Å². The number of alkyl halides is 3. The molecule has 2 nitrogen and oxygen atoms in total. The topological polar surface area (TPSA) is 29.5 Å². The first-order valence-electron chi connectivity index (χ1n) is 3.69. The lowest BCUT2D eigenvalue weighted by atomic mass is 10.2. The third-order valence-corrected chi connectivity index (χ3v) is 1.57. The van der Waals surface area contributed by atoms with E-state index in [2.05, 4.69) is 10.1 Å². The van der Waals surface area contributed by atoms with Gasteiger partial charge in [0.25, 0.3) is 0 Å². The van der Waals surface area contributed by atoms with E-state index in [4.69, 9.17) is 5.11 Å². The van der Waals surface area contributed by atoms with Gasteiger partial charge in [-0.3, -0.25) is 0 Å². The SMILES string of the molecule is Oc1cccc(C#COSC(F)(F)F)c1. The molecule has 0 fully saturated rings. The Balaban J connectivity index is 2.52. The van der Waals surface area contributed by atoms with E-state index in [0.717, 1.165) is 0 Å². The molecule has 0 atom stereocenters. The van der Waals surface area contributed by atoms with Crippen LogP contribution in [0.25, 0.3) is 0 Å². The lowest BCUT2D eigenvalue weighted by Crippen LogP contribution is -1.98. The molecule has 1 N–H and O–H groups in total. The molecule has 0 radical (unpaired) electrons. The molecule has 0 aliphatic heterocycles. The van der Waals surface area contributed by atoms with Crippen molar-refractivity contribution in [2.24, 2.45) is 0 Å². The third-order valence-electron chi connectivity index (χ3n) is 1.22. The summed E-state index contributed by atoms with van der Waals surface area (Å²) in [5.41, 5.74) is -4.09. The number of phenols is 1. The number of hydrogen-bond acceptors (Lipinski definition) is 3. The van der Waals surface area contributed by atoms with Crippen LogP contribution in [0.4, 0.5) is 13.2 Å². The largest absolute Gasteiger partial charge is 0.508 e. The van der Waals surface area contributed by atoms with Gasteiger partial charge in [0.05, 0.1) is 0 Å². The van der Waals surface area contributed by atoms with Gasteiger partial charge in [-0.2, -0.15) is 13.2 Å². The summed E-state index contributed by atoms with van der Waals surface area (Å²) in [6.07, 6.45) is 1.87. The summed E-state index contributed by atoms with van der Waals surface area (Å²) in [5, 5.41) is 9.01. The minimum Gasteiger partial charge on any atom is -0.508 e. The number of benzene rings is 1. The molecule has 0 saturated heterocycles. The maximum Gasteiger partial charge on any atom is 0.480 e. The summed E-state index contributed by atoms with van der Waals surface area (Å²) in [6, 6.07) is 5.80. The summed E-state index contributed by atoms with van der Waals surface area (Å²) < 4.78 is 38.7. The summed E-state index contributed by atoms with van der Waals surface area (Å²) in [7, 11) is 0. The number of hydrogen-bond donors (Lipinski definition) is 1. The lowest BCUT2D eigenvalue weighted by molar-refractivity contribution is -0.0375. The molecular formula is C9H5F3O2S. The van der Waals surface area contributed by atoms with Gasteiger partial charge in [-0.1, -0.05) is 6.07 Å². The predicted molar refractivity (Wildman–Crippen MR) is 49.7 cm³/mol. The summed E-state index contributed by atoms with van der Waals surface area (Å²) in [5.74, 6) is 2.30. The quantitative estimate of drug-likeness (QED) is 0.598. The minimum absolute atomic E-state index is 0.00901. The van der Waals surface area contributed by atoms with Crippen molar-refractivity contribution in [2.45, 2.75) is 5.51 Å². The third kappa shape index (κ3) is 5.08. The van der Waals surface area contributed by atoms with Gasteiger partial charge >= 0.3 is 5.51 Å². The van der Waals surface area contributed by atoms with Crippen LogP contribution in [-0.4, -0.2) is 10.6 Å². The molecule has 0 aliphatic carbocycles. The number of aromatic hydroxyl groups is 1. The molecule has 0 aliphatic rings. The molecule has 0 saturated carbocycles. The zero-order valence-electron chi connectivity index (χ0n) is 7.21. The Morgan fingerprint density at radius 3 is 2.67 bits per heavy atom. The highest BCUT2D eigenvalue weighted by Gasteiger charge is 2.31. The fourth-order valence-corrected chi connectivity index (χ4v) is 0.909. The van der Waals surface area contributed by atoms with E-state index in [0.29, 0.717) is 5.56 Å². The van der Waals surface area contributed by atoms with E-state index >= 15 is 0 Å². The summed E-state index contributed by atoms with van der Waals surface area (Å²) >= 11 is -0.679. The van der Waals surface area contributed by atoms with Crippen molar-refractivity contribution in [3.05, 3.63) is 29.8 Å². The van der Waals surface area contributed by atoms with E-state index < -0.39 is 17.6 Å². The molecule has 6 heteroatoms. The number of phenolic OH excluding ortho intramolecular Hbond substituents is 1. The second-order valence-corrected chi connectivity index (χ2v) is 3.19. The summed E-state index contributed by atoms with van der Waals surface area (Å²) in [6.45, 7) is 0. The Hall–Kier alpha value is -1.48. The van der Waals surface area contributed by atoms with Crippen LogP contribution in [-0.2, 0) is 4.18 Å². The van der Waals surface area contributed by atoms with Crippen LogP contribution in [0.3, 0.4) is 0 Å². The molecule has 0 amide bonds. The lowest BCUT2D eigenvalue weighted by Gasteiger charge is -1.98. The monoisotopic (exact) mass is 234 g/mol. The number of rotatable bonds is 1. The van der Waals surface area contributed by atoms with Crippen molar-refractivity contribution >= 4 is 12.0 Å². The molecule has 1 aromatic rings. The maximum atomic E-state index is 11.6. The second kappa shape index (κ2) is 4.84. The predicted octanol–water partition coefficient (Wildman–Crippen LogP) is 2.89. The van der Waals surface area contributed by atoms with Crippen LogP contribution in [0.2, 0.25) is 0 Å². The molecule has 15 heavy (non-hydrogen) atoms. The first-order valence-corrected chi connectivity index (χ1v) is 4.43. The fourth-order valence-electron chi connectivity index (χ4n) is 0.732. The van der Waals surface area contributed by atoms with Gasteiger partial charge in [-0.15, -0.1) is 0 Å². The molecule has 80 valence electrons. The zero-order chi connectivity index (χ0) is 11.3. The highest BCUT2D eigenvalue weighted by atomic mass is 32.2. The first kappa shape index (κ1) is 11.6. The average Bonchev–Trinajstić information content (AvgIpc) is 2.11. The molecule has 0 bridgehead atoms. The summed E-state index contributed by atoms with van der Waals surface area (Å²) in [4.78, 5) is 0. The van der Waals surface area contributed by atoms with Gasteiger partial charge in [0.2, 0.25) is 0 Å². The van der Waals surface area contributed by atoms with Gasteiger partial charge in [-0.05, 0) is 24.1 Å². The van der Waals surface area contributed by atoms with Crippen molar-refractivity contribution < 1.29 is 22.5 Å². The smallest absolute Gasteiger partial charge is 0.480 e. The van der Waals surface area contributed by atoms with Gasteiger partial charge in [0.1, 0.15) is 11.9 Å². The Morgan fingerprint density at radius 1 is 1.33 bits per heavy atom. The fraction of sp³-hybridized carbons (Fsp3) is 0.111. The molecule has 0 spiro atoms. The van der Waals surface area contributed by atoms with Crippen molar-refractivity contribution in [2.75, 3.05) is 0 Å². The van der Waals surface area contributed by atoms with Crippen LogP contribution in [0.15, 0.2) is 24.3 Å². The Kier molecular flexibility index (Phi) is 3.74. The van der Waals surface area contributed by atoms with Crippen LogP contribution in [0.1, 0.15) is 5.56 Å². The van der Waals surface area contributed by atoms with E-state index in [1.54, 1.807) is 0 Å². The Bertz CT molecular complexity index is 392. The highest BCUT2D eigenvalue weighted by molar-refractivity contribution is 7.95. The van der Waals surface area contributed by atoms with E-state index in [-0.39, 0.29) is 5.75 Å². The van der Waals surface area contributed by atoms with Crippen molar-refractivity contribution in [3.8, 4) is 17.8 Å². The van der Waals surface area contributed by atoms with Gasteiger partial charge < -0.3 is 9.29 Å². The molecule has 0 aromatic heterocycles. The molecular weight excluding hydrogens is 229 g/mol. The van der Waals surface area contributed by atoms with E-state index in [1.165, 1.54) is 24.3 Å². The zero-order valence-corrected chi connectivity index (χ0v) is 8.02. The van der Waals surface area contributed by atoms with Crippen LogP contribution >= 0.6 is 12.0 Å². The Morgan fingerprint density at radius 2 is 2.07 bits per heavy atom. The standard InChI is InChI=1S/C9H5F3O2S/c10-9(11,12)15-14-5-4-7-2-1-3-8(13)6-7/h1-3,6,13H. The Labute approximate surface area is 88.3 Å². The van der Waals surface area contributed by atoms with E-state index in [1.807, 2.05) is 6.11 Å². The van der Waals surface area contributed by atoms with Gasteiger partial charge in [0, 0.05) is 5.56 Å². The normalized spacial score (nSPS) is 10.3. The van der Waals surface area contributed by atoms with Gasteiger partial charge in [0.15, 0.2) is 12.0 Å². The van der Waals surface area contributed by atoms with Crippen molar-refractivity contribution in [1.82, 2.24) is 0 Å². The van der Waals surface area contributed by atoms with Crippen LogP contribution < -0.4 is 0 Å². The highest BCUT2D eigenvalue weighted by Crippen LogP contribution is 2.30. The molecule has 0 unspecified atom stereocenters. The average molecular weight is 234 g/mol. The maximum absolute atomic E-state index is 11.6. The first-order chi connectivity index (χ1) is 6.97. The van der Waals surface area contributed by atoms with E-state index in [9.17, 15) is 13.2 Å². The van der Waals surface area contributed by atoms with Crippen LogP contribution in [0.5, 0.6) is 5.75 Å². The molecule has 1 rings (SSSR count). The molecule has 1 aromatic carbocycles. The van der Waals surface area contributed by atoms with Crippen molar-refractivity contribution in [1.29, 1.82) is 0 Å². The van der Waals surface area contributed by atoms with Crippen molar-refractivity contribution in [3.63, 3.8) is 0 Å². The number of halogens is 3. The second-order valence-electron chi connectivity index (χ2n) is 2.39. The minimum atomic E-state index is -4.46. The van der Waals surface area contributed by atoms with Crippen LogP contribution in [0, 0.1) is 12.0 Å².